The molecule has 0 saturated heterocycles. The van der Waals surface area contributed by atoms with Crippen LogP contribution in [0.3, 0.4) is 0 Å². The van der Waals surface area contributed by atoms with E-state index in [0.29, 0.717) is 0 Å². The lowest BCUT2D eigenvalue weighted by atomic mass is 10.2. The Morgan fingerprint density at radius 2 is 2.26 bits per heavy atom. The zero-order valence-corrected chi connectivity index (χ0v) is 12.1. The molecule has 4 nitrogen and oxygen atoms in total. The average molecular weight is 320 g/mol. The molecule has 0 atom stereocenters. The van der Waals surface area contributed by atoms with Crippen LogP contribution in [0.5, 0.6) is 0 Å². The molecule has 5 heteroatoms. The van der Waals surface area contributed by atoms with Gasteiger partial charge < -0.3 is 9.73 Å². The van der Waals surface area contributed by atoms with Crippen LogP contribution in [0, 0.1) is 0 Å². The molecular formula is C14H14BrN3O. The molecule has 0 bridgehead atoms. The van der Waals surface area contributed by atoms with Gasteiger partial charge in [-0.15, -0.1) is 0 Å². The van der Waals surface area contributed by atoms with Crippen molar-refractivity contribution in [1.82, 2.24) is 15.5 Å². The number of hydrogen-bond acceptors (Lipinski definition) is 3. The average Bonchev–Trinajstić information content (AvgIpc) is 3.01. The van der Waals surface area contributed by atoms with Gasteiger partial charge >= 0.3 is 0 Å². The lowest BCUT2D eigenvalue weighted by Gasteiger charge is -2.00. The van der Waals surface area contributed by atoms with E-state index in [1.807, 2.05) is 30.5 Å². The molecule has 1 aromatic carbocycles. The first kappa shape index (κ1) is 12.4. The molecule has 0 aliphatic rings. The first-order valence-corrected chi connectivity index (χ1v) is 6.99. The number of rotatable bonds is 4. The minimum absolute atomic E-state index is 0.781. The smallest absolute Gasteiger partial charge is 0.153 e. The third-order valence-corrected chi connectivity index (χ3v) is 3.50. The van der Waals surface area contributed by atoms with Gasteiger partial charge in [-0.2, -0.15) is 5.10 Å². The molecule has 0 fully saturated rings. The Labute approximate surface area is 119 Å². The maximum Gasteiger partial charge on any atom is 0.153 e. The standard InChI is InChI=1S/C14H14BrN3O/c1-2-16-7-10-8-17-18-14(10)13-6-9-5-11(15)3-4-12(9)19-13/h3-6,8,16H,2,7H2,1H3,(H,17,18). The van der Waals surface area contributed by atoms with E-state index in [1.54, 1.807) is 0 Å². The van der Waals surface area contributed by atoms with E-state index < -0.39 is 0 Å². The molecule has 3 aromatic rings. The third kappa shape index (κ3) is 2.43. The fraction of sp³-hybridized carbons (Fsp3) is 0.214. The molecule has 98 valence electrons. The van der Waals surface area contributed by atoms with Crippen molar-refractivity contribution in [2.75, 3.05) is 6.54 Å². The van der Waals surface area contributed by atoms with E-state index in [-0.39, 0.29) is 0 Å². The summed E-state index contributed by atoms with van der Waals surface area (Å²) in [5.74, 6) is 0.818. The second-order valence-electron chi connectivity index (χ2n) is 4.34. The summed E-state index contributed by atoms with van der Waals surface area (Å²) in [4.78, 5) is 0. The van der Waals surface area contributed by atoms with Crippen LogP contribution in [0.2, 0.25) is 0 Å². The van der Waals surface area contributed by atoms with Crippen molar-refractivity contribution in [3.8, 4) is 11.5 Å². The van der Waals surface area contributed by atoms with Crippen molar-refractivity contribution in [3.05, 3.63) is 40.5 Å². The van der Waals surface area contributed by atoms with Gasteiger partial charge in [0.25, 0.3) is 0 Å². The Morgan fingerprint density at radius 1 is 1.37 bits per heavy atom. The lowest BCUT2D eigenvalue weighted by Crippen LogP contribution is -2.11. The molecule has 0 saturated carbocycles. The highest BCUT2D eigenvalue weighted by molar-refractivity contribution is 9.10. The van der Waals surface area contributed by atoms with Crippen LogP contribution >= 0.6 is 15.9 Å². The zero-order chi connectivity index (χ0) is 13.2. The fourth-order valence-electron chi connectivity index (χ4n) is 2.06. The van der Waals surface area contributed by atoms with E-state index in [0.717, 1.165) is 45.5 Å². The largest absolute Gasteiger partial charge is 0.454 e. The van der Waals surface area contributed by atoms with Crippen molar-refractivity contribution in [2.45, 2.75) is 13.5 Å². The summed E-state index contributed by atoms with van der Waals surface area (Å²) in [6, 6.07) is 8.01. The van der Waals surface area contributed by atoms with Crippen molar-refractivity contribution in [1.29, 1.82) is 0 Å². The number of aromatic amines is 1. The first-order chi connectivity index (χ1) is 9.28. The predicted molar refractivity (Wildman–Crippen MR) is 78.9 cm³/mol. The number of furan rings is 1. The fourth-order valence-corrected chi connectivity index (χ4v) is 2.43. The second-order valence-corrected chi connectivity index (χ2v) is 5.26. The second kappa shape index (κ2) is 5.19. The van der Waals surface area contributed by atoms with Gasteiger partial charge in [0, 0.05) is 22.0 Å². The molecule has 2 N–H and O–H groups in total. The van der Waals surface area contributed by atoms with Crippen molar-refractivity contribution < 1.29 is 4.42 Å². The first-order valence-electron chi connectivity index (χ1n) is 6.20. The minimum Gasteiger partial charge on any atom is -0.454 e. The topological polar surface area (TPSA) is 53.9 Å². The third-order valence-electron chi connectivity index (χ3n) is 3.01. The molecular weight excluding hydrogens is 306 g/mol. The van der Waals surface area contributed by atoms with Gasteiger partial charge in [0.2, 0.25) is 0 Å². The van der Waals surface area contributed by atoms with Crippen LogP contribution in [0.15, 0.2) is 39.4 Å². The van der Waals surface area contributed by atoms with Crippen LogP contribution in [-0.2, 0) is 6.54 Å². The highest BCUT2D eigenvalue weighted by Gasteiger charge is 2.12. The maximum atomic E-state index is 5.87. The zero-order valence-electron chi connectivity index (χ0n) is 10.5. The number of fused-ring (bicyclic) bond motifs is 1. The summed E-state index contributed by atoms with van der Waals surface area (Å²) in [5.41, 5.74) is 2.93. The van der Waals surface area contributed by atoms with Crippen molar-refractivity contribution >= 4 is 26.9 Å². The van der Waals surface area contributed by atoms with Gasteiger partial charge in [0.05, 0.1) is 6.20 Å². The number of aromatic nitrogens is 2. The summed E-state index contributed by atoms with van der Waals surface area (Å²) >= 11 is 3.47. The van der Waals surface area contributed by atoms with Gasteiger partial charge in [-0.25, -0.2) is 0 Å². The molecule has 0 amide bonds. The normalized spacial score (nSPS) is 11.3. The summed E-state index contributed by atoms with van der Waals surface area (Å²) in [5, 5.41) is 11.5. The molecule has 3 rings (SSSR count). The van der Waals surface area contributed by atoms with Crippen LogP contribution in [-0.4, -0.2) is 16.7 Å². The van der Waals surface area contributed by atoms with Gasteiger partial charge in [-0.3, -0.25) is 5.10 Å². The van der Waals surface area contributed by atoms with Crippen LogP contribution in [0.25, 0.3) is 22.4 Å². The molecule has 2 heterocycles. The van der Waals surface area contributed by atoms with Crippen LogP contribution < -0.4 is 5.32 Å². The van der Waals surface area contributed by atoms with Gasteiger partial charge in [-0.1, -0.05) is 22.9 Å². The molecule has 0 unspecified atom stereocenters. The van der Waals surface area contributed by atoms with Gasteiger partial charge in [-0.05, 0) is 30.8 Å². The van der Waals surface area contributed by atoms with E-state index in [9.17, 15) is 0 Å². The minimum atomic E-state index is 0.781. The Balaban J connectivity index is 2.01. The molecule has 0 aliphatic carbocycles. The van der Waals surface area contributed by atoms with Crippen LogP contribution in [0.1, 0.15) is 12.5 Å². The monoisotopic (exact) mass is 319 g/mol. The number of nitrogens with one attached hydrogen (secondary N) is 2. The Hall–Kier alpha value is -1.59. The van der Waals surface area contributed by atoms with E-state index >= 15 is 0 Å². The molecule has 0 spiro atoms. The molecule has 19 heavy (non-hydrogen) atoms. The summed E-state index contributed by atoms with van der Waals surface area (Å²) in [6.07, 6.45) is 1.83. The van der Waals surface area contributed by atoms with Gasteiger partial charge in [0.1, 0.15) is 11.3 Å². The number of H-pyrrole nitrogens is 1. The van der Waals surface area contributed by atoms with Crippen molar-refractivity contribution in [2.24, 2.45) is 0 Å². The van der Waals surface area contributed by atoms with E-state index in [1.165, 1.54) is 0 Å². The van der Waals surface area contributed by atoms with Crippen molar-refractivity contribution in [3.63, 3.8) is 0 Å². The van der Waals surface area contributed by atoms with E-state index in [2.05, 4.69) is 38.4 Å². The highest BCUT2D eigenvalue weighted by Crippen LogP contribution is 2.30. The Bertz CT molecular complexity index is 702. The lowest BCUT2D eigenvalue weighted by molar-refractivity contribution is 0.626. The summed E-state index contributed by atoms with van der Waals surface area (Å²) < 4.78 is 6.91. The van der Waals surface area contributed by atoms with Gasteiger partial charge in [0.15, 0.2) is 5.76 Å². The number of halogens is 1. The number of nitrogens with zero attached hydrogens (tertiary/aromatic N) is 1. The summed E-state index contributed by atoms with van der Waals surface area (Å²) in [6.45, 7) is 3.79. The SMILES string of the molecule is CCNCc1cn[nH]c1-c1cc2cc(Br)ccc2o1. The van der Waals surface area contributed by atoms with E-state index in [4.69, 9.17) is 4.42 Å². The maximum absolute atomic E-state index is 5.87. The highest BCUT2D eigenvalue weighted by atomic mass is 79.9. The molecule has 0 aliphatic heterocycles. The Kier molecular flexibility index (Phi) is 3.40. The van der Waals surface area contributed by atoms with Crippen LogP contribution in [0.4, 0.5) is 0 Å². The number of hydrogen-bond donors (Lipinski definition) is 2. The molecule has 2 aromatic heterocycles. The predicted octanol–water partition coefficient (Wildman–Crippen LogP) is 3.69. The molecule has 0 radical (unpaired) electrons. The number of benzene rings is 1. The quantitative estimate of drug-likeness (QED) is 0.771. The Morgan fingerprint density at radius 3 is 3.11 bits per heavy atom. The summed E-state index contributed by atoms with van der Waals surface area (Å²) in [7, 11) is 0.